The number of ether oxygens (including phenoxy) is 1. The molecule has 0 atom stereocenters. The zero-order valence-corrected chi connectivity index (χ0v) is 28.7. The third-order valence-corrected chi connectivity index (χ3v) is 10.1. The van der Waals surface area contributed by atoms with Gasteiger partial charge in [-0.05, 0) is 82.5 Å². The SMILES string of the molecule is COC(=O)c1cc(Br)cn1Cc1csc(N2CCCCC2)n1.O=C(O)c1cc(Br)cn1Cc1csc(N2CCCCC2)n1. The summed E-state index contributed by atoms with van der Waals surface area (Å²) >= 11 is 10.0. The lowest BCUT2D eigenvalue weighted by molar-refractivity contribution is 0.0588. The number of carboxylic acids is 1. The normalized spacial score (nSPS) is 15.2. The van der Waals surface area contributed by atoms with E-state index in [0.29, 0.717) is 18.8 Å². The molecule has 1 N–H and O–H groups in total. The molecule has 10 nitrogen and oxygen atoms in total. The summed E-state index contributed by atoms with van der Waals surface area (Å²) in [6, 6.07) is 3.38. The number of nitrogens with zero attached hydrogens (tertiary/aromatic N) is 6. The Balaban J connectivity index is 0.000000171. The molecule has 0 unspecified atom stereocenters. The number of methoxy groups -OCH3 is 1. The molecule has 230 valence electrons. The molecular weight excluding hydrogens is 720 g/mol. The first kappa shape index (κ1) is 31.7. The first-order chi connectivity index (χ1) is 20.8. The topological polar surface area (TPSA) is 106 Å². The predicted octanol–water partition coefficient (Wildman–Crippen LogP) is 6.98. The van der Waals surface area contributed by atoms with Crippen LogP contribution in [-0.2, 0) is 17.8 Å². The average Bonchev–Trinajstić information content (AvgIpc) is 3.82. The quantitative estimate of drug-likeness (QED) is 0.192. The van der Waals surface area contributed by atoms with Crippen LogP contribution in [0.25, 0.3) is 0 Å². The summed E-state index contributed by atoms with van der Waals surface area (Å²) in [7, 11) is 1.39. The number of carboxylic acid groups (broad SMARTS) is 1. The van der Waals surface area contributed by atoms with Crippen LogP contribution in [0.15, 0.2) is 44.2 Å². The molecule has 43 heavy (non-hydrogen) atoms. The monoisotopic (exact) mass is 752 g/mol. The highest BCUT2D eigenvalue weighted by Gasteiger charge is 2.18. The van der Waals surface area contributed by atoms with Gasteiger partial charge < -0.3 is 28.8 Å². The van der Waals surface area contributed by atoms with Gasteiger partial charge in [-0.15, -0.1) is 22.7 Å². The van der Waals surface area contributed by atoms with Gasteiger partial charge in [0.25, 0.3) is 0 Å². The van der Waals surface area contributed by atoms with E-state index in [1.165, 1.54) is 45.6 Å². The van der Waals surface area contributed by atoms with Gasteiger partial charge >= 0.3 is 11.9 Å². The smallest absolute Gasteiger partial charge is 0.354 e. The molecule has 2 aliphatic heterocycles. The Bertz CT molecular complexity index is 1530. The minimum absolute atomic E-state index is 0.273. The Morgan fingerprint density at radius 1 is 0.791 bits per heavy atom. The van der Waals surface area contributed by atoms with Gasteiger partial charge in [-0.3, -0.25) is 0 Å². The molecule has 0 aliphatic carbocycles. The number of anilines is 2. The van der Waals surface area contributed by atoms with Gasteiger partial charge in [0, 0.05) is 58.3 Å². The maximum absolute atomic E-state index is 11.8. The van der Waals surface area contributed by atoms with E-state index in [0.717, 1.165) is 56.8 Å². The van der Waals surface area contributed by atoms with E-state index in [4.69, 9.17) is 9.72 Å². The highest BCUT2D eigenvalue weighted by Crippen LogP contribution is 2.27. The van der Waals surface area contributed by atoms with Crippen molar-refractivity contribution in [3.63, 3.8) is 0 Å². The van der Waals surface area contributed by atoms with E-state index in [1.807, 2.05) is 16.1 Å². The second kappa shape index (κ2) is 14.9. The van der Waals surface area contributed by atoms with Crippen molar-refractivity contribution in [1.82, 2.24) is 19.1 Å². The molecule has 6 rings (SSSR count). The van der Waals surface area contributed by atoms with Gasteiger partial charge in [0.1, 0.15) is 11.4 Å². The molecule has 4 aromatic heterocycles. The molecular formula is C29H34Br2N6O4S2. The number of esters is 1. The van der Waals surface area contributed by atoms with Crippen LogP contribution in [0.1, 0.15) is 70.9 Å². The molecule has 0 aromatic carbocycles. The van der Waals surface area contributed by atoms with E-state index in [9.17, 15) is 14.7 Å². The third kappa shape index (κ3) is 8.28. The molecule has 0 amide bonds. The maximum atomic E-state index is 11.8. The highest BCUT2D eigenvalue weighted by molar-refractivity contribution is 9.10. The van der Waals surface area contributed by atoms with Crippen molar-refractivity contribution < 1.29 is 19.4 Å². The van der Waals surface area contributed by atoms with Gasteiger partial charge in [-0.25, -0.2) is 19.6 Å². The van der Waals surface area contributed by atoms with Crippen LogP contribution in [0, 0.1) is 0 Å². The molecule has 0 saturated carbocycles. The summed E-state index contributed by atoms with van der Waals surface area (Å²) in [4.78, 5) is 37.1. The Kier molecular flexibility index (Phi) is 11.0. The number of carbonyl (C=O) groups excluding carboxylic acids is 1. The molecule has 2 fully saturated rings. The van der Waals surface area contributed by atoms with Crippen molar-refractivity contribution in [1.29, 1.82) is 0 Å². The Morgan fingerprint density at radius 3 is 1.67 bits per heavy atom. The molecule has 2 saturated heterocycles. The van der Waals surface area contributed by atoms with Gasteiger partial charge in [0.15, 0.2) is 10.3 Å². The van der Waals surface area contributed by atoms with Crippen molar-refractivity contribution in [2.45, 2.75) is 51.6 Å². The number of piperidine rings is 2. The van der Waals surface area contributed by atoms with Crippen molar-refractivity contribution in [2.24, 2.45) is 0 Å². The van der Waals surface area contributed by atoms with E-state index in [-0.39, 0.29) is 11.7 Å². The van der Waals surface area contributed by atoms with E-state index >= 15 is 0 Å². The fraction of sp³-hybridized carbons (Fsp3) is 0.448. The number of aromatic nitrogens is 4. The van der Waals surface area contributed by atoms with E-state index in [1.54, 1.807) is 45.6 Å². The van der Waals surface area contributed by atoms with Crippen molar-refractivity contribution in [3.05, 3.63) is 67.0 Å². The lowest BCUT2D eigenvalue weighted by Crippen LogP contribution is -2.29. The van der Waals surface area contributed by atoms with Crippen molar-refractivity contribution in [2.75, 3.05) is 43.1 Å². The van der Waals surface area contributed by atoms with Crippen LogP contribution in [0.2, 0.25) is 0 Å². The van der Waals surface area contributed by atoms with Gasteiger partial charge in [0.2, 0.25) is 0 Å². The van der Waals surface area contributed by atoms with E-state index < -0.39 is 5.97 Å². The van der Waals surface area contributed by atoms with Crippen LogP contribution in [-0.4, -0.2) is 69.4 Å². The number of carbonyl (C=O) groups is 2. The van der Waals surface area contributed by atoms with Crippen molar-refractivity contribution >= 4 is 76.7 Å². The van der Waals surface area contributed by atoms with Gasteiger partial charge in [0.05, 0.1) is 31.6 Å². The number of aromatic carboxylic acids is 1. The second-order valence-corrected chi connectivity index (χ2v) is 14.0. The second-order valence-electron chi connectivity index (χ2n) is 10.5. The number of halogens is 2. The summed E-state index contributed by atoms with van der Waals surface area (Å²) in [6.45, 7) is 5.38. The zero-order chi connectivity index (χ0) is 30.3. The van der Waals surface area contributed by atoms with Crippen LogP contribution in [0.3, 0.4) is 0 Å². The molecule has 2 aliphatic rings. The summed E-state index contributed by atoms with van der Waals surface area (Å²) in [5.41, 5.74) is 2.68. The molecule has 0 bridgehead atoms. The third-order valence-electron chi connectivity index (χ3n) is 7.34. The number of hydrogen-bond donors (Lipinski definition) is 1. The summed E-state index contributed by atoms with van der Waals surface area (Å²) < 4.78 is 10.0. The number of hydrogen-bond acceptors (Lipinski definition) is 9. The Morgan fingerprint density at radius 2 is 1.23 bits per heavy atom. The molecule has 6 heterocycles. The maximum Gasteiger partial charge on any atom is 0.354 e. The fourth-order valence-corrected chi connectivity index (χ4v) is 7.88. The lowest BCUT2D eigenvalue weighted by atomic mass is 10.1. The van der Waals surface area contributed by atoms with Crippen LogP contribution in [0.4, 0.5) is 10.3 Å². The summed E-state index contributed by atoms with van der Waals surface area (Å²) in [5, 5.41) is 15.4. The fourth-order valence-electron chi connectivity index (χ4n) is 5.21. The van der Waals surface area contributed by atoms with Crippen molar-refractivity contribution in [3.8, 4) is 0 Å². The predicted molar refractivity (Wildman–Crippen MR) is 177 cm³/mol. The molecule has 4 aromatic rings. The lowest BCUT2D eigenvalue weighted by Gasteiger charge is -2.25. The standard InChI is InChI=1S/C15H18BrN3O2S.C14H16BrN3O2S/c1-21-14(20)13-7-11(16)8-19(13)9-12-10-22-15(17-12)18-5-3-2-4-6-18;15-10-6-12(13(19)20)18(7-10)8-11-9-21-14(16-11)17-4-2-1-3-5-17/h7-8,10H,2-6,9H2,1H3;6-7,9H,1-5,8H2,(H,19,20). The Hall–Kier alpha value is -2.68. The van der Waals surface area contributed by atoms with Crippen LogP contribution < -0.4 is 9.80 Å². The van der Waals surface area contributed by atoms with Crippen LogP contribution in [0.5, 0.6) is 0 Å². The van der Waals surface area contributed by atoms with Gasteiger partial charge in [-0.2, -0.15) is 0 Å². The summed E-state index contributed by atoms with van der Waals surface area (Å²) in [6.07, 6.45) is 11.2. The van der Waals surface area contributed by atoms with E-state index in [2.05, 4.69) is 52.0 Å². The minimum atomic E-state index is -0.924. The Labute approximate surface area is 275 Å². The van der Waals surface area contributed by atoms with Gasteiger partial charge in [-0.1, -0.05) is 0 Å². The molecule has 0 radical (unpaired) electrons. The molecule has 14 heteroatoms. The highest BCUT2D eigenvalue weighted by atomic mass is 79.9. The molecule has 0 spiro atoms. The van der Waals surface area contributed by atoms with Crippen LogP contribution >= 0.6 is 54.5 Å². The number of rotatable bonds is 8. The first-order valence-corrected chi connectivity index (χ1v) is 17.6. The largest absolute Gasteiger partial charge is 0.477 e. The first-order valence-electron chi connectivity index (χ1n) is 14.2. The zero-order valence-electron chi connectivity index (χ0n) is 23.9. The average molecular weight is 755 g/mol. The number of thiazole rings is 2. The minimum Gasteiger partial charge on any atom is -0.477 e. The summed E-state index contributed by atoms with van der Waals surface area (Å²) in [5.74, 6) is -1.26.